The van der Waals surface area contributed by atoms with Gasteiger partial charge in [0.2, 0.25) is 5.91 Å². The average Bonchev–Trinajstić information content (AvgIpc) is 2.74. The number of carbonyl (C=O) groups is 2. The molecular weight excluding hydrogens is 432 g/mol. The van der Waals surface area contributed by atoms with E-state index in [1.807, 2.05) is 0 Å². The number of hydrazine groups is 1. The van der Waals surface area contributed by atoms with Crippen LogP contribution >= 0.6 is 0 Å². The highest BCUT2D eigenvalue weighted by atomic mass is 19.4. The zero-order chi connectivity index (χ0) is 23.3. The molecule has 0 radical (unpaired) electrons. The number of hydrogen-bond acceptors (Lipinski definition) is 4. The fraction of sp³-hybridized carbons (Fsp3) is 0.0952. The molecule has 3 aromatic rings. The predicted octanol–water partition coefficient (Wildman–Crippen LogP) is 3.40. The van der Waals surface area contributed by atoms with Crippen molar-refractivity contribution < 1.29 is 27.2 Å². The van der Waals surface area contributed by atoms with Crippen molar-refractivity contribution in [3.8, 4) is 0 Å². The number of aromatic nitrogens is 1. The SMILES string of the molecule is O=C(Cn1cc(C(=O)NNc2ccc(F)cc2)ccc1=O)Nc1ccc(C(F)(F)F)cc1. The fourth-order valence-electron chi connectivity index (χ4n) is 2.62. The zero-order valence-electron chi connectivity index (χ0n) is 16.2. The Morgan fingerprint density at radius 1 is 0.875 bits per heavy atom. The largest absolute Gasteiger partial charge is 0.416 e. The van der Waals surface area contributed by atoms with E-state index >= 15 is 0 Å². The molecule has 0 saturated heterocycles. The summed E-state index contributed by atoms with van der Waals surface area (Å²) in [5.74, 6) is -1.73. The first-order valence-electron chi connectivity index (χ1n) is 9.11. The van der Waals surface area contributed by atoms with Gasteiger partial charge in [0, 0.05) is 18.0 Å². The van der Waals surface area contributed by atoms with Crippen molar-refractivity contribution in [3.05, 3.63) is 94.2 Å². The maximum Gasteiger partial charge on any atom is 0.416 e. The van der Waals surface area contributed by atoms with Crippen molar-refractivity contribution >= 4 is 23.2 Å². The number of anilines is 2. The Labute approximate surface area is 178 Å². The minimum atomic E-state index is -4.50. The van der Waals surface area contributed by atoms with Crippen LogP contribution in [0.1, 0.15) is 15.9 Å². The number of rotatable bonds is 6. The van der Waals surface area contributed by atoms with Crippen molar-refractivity contribution in [2.75, 3.05) is 10.7 Å². The fourth-order valence-corrected chi connectivity index (χ4v) is 2.62. The second-order valence-corrected chi connectivity index (χ2v) is 6.59. The first kappa shape index (κ1) is 22.5. The van der Waals surface area contributed by atoms with Gasteiger partial charge in [0.25, 0.3) is 11.5 Å². The van der Waals surface area contributed by atoms with Gasteiger partial charge in [-0.15, -0.1) is 0 Å². The molecule has 3 N–H and O–H groups in total. The van der Waals surface area contributed by atoms with Crippen LogP contribution in [0, 0.1) is 5.82 Å². The zero-order valence-corrected chi connectivity index (χ0v) is 16.2. The molecule has 2 amide bonds. The quantitative estimate of drug-likeness (QED) is 0.398. The minimum absolute atomic E-state index is 0.0570. The number of amides is 2. The molecule has 1 aromatic heterocycles. The van der Waals surface area contributed by atoms with Crippen LogP contribution in [-0.2, 0) is 17.5 Å². The number of nitrogens with one attached hydrogen (secondary N) is 3. The smallest absolute Gasteiger partial charge is 0.325 e. The summed E-state index contributed by atoms with van der Waals surface area (Å²) < 4.78 is 51.7. The molecule has 0 aliphatic heterocycles. The lowest BCUT2D eigenvalue weighted by Crippen LogP contribution is -2.32. The summed E-state index contributed by atoms with van der Waals surface area (Å²) in [6.07, 6.45) is -3.33. The van der Waals surface area contributed by atoms with Crippen molar-refractivity contribution in [1.82, 2.24) is 9.99 Å². The summed E-state index contributed by atoms with van der Waals surface area (Å²) in [6.45, 7) is -0.466. The molecule has 32 heavy (non-hydrogen) atoms. The number of pyridine rings is 1. The summed E-state index contributed by atoms with van der Waals surface area (Å²) >= 11 is 0. The van der Waals surface area contributed by atoms with Crippen molar-refractivity contribution in [2.45, 2.75) is 12.7 Å². The molecule has 0 aliphatic carbocycles. The van der Waals surface area contributed by atoms with Crippen molar-refractivity contribution in [3.63, 3.8) is 0 Å². The lowest BCUT2D eigenvalue weighted by atomic mass is 10.2. The molecule has 0 saturated carbocycles. The van der Waals surface area contributed by atoms with E-state index in [1.165, 1.54) is 30.3 Å². The number of alkyl halides is 3. The van der Waals surface area contributed by atoms with Crippen LogP contribution in [0.25, 0.3) is 0 Å². The van der Waals surface area contributed by atoms with E-state index in [4.69, 9.17) is 0 Å². The van der Waals surface area contributed by atoms with Gasteiger partial charge in [0.15, 0.2) is 0 Å². The summed E-state index contributed by atoms with van der Waals surface area (Å²) in [5, 5.41) is 2.39. The molecule has 0 unspecified atom stereocenters. The van der Waals surface area contributed by atoms with E-state index in [2.05, 4.69) is 16.2 Å². The van der Waals surface area contributed by atoms with Gasteiger partial charge in [-0.05, 0) is 54.6 Å². The molecular formula is C21H16F4N4O3. The number of nitrogens with zero attached hydrogens (tertiary/aromatic N) is 1. The monoisotopic (exact) mass is 448 g/mol. The summed E-state index contributed by atoms with van der Waals surface area (Å²) in [7, 11) is 0. The third-order valence-electron chi connectivity index (χ3n) is 4.22. The molecule has 7 nitrogen and oxygen atoms in total. The van der Waals surface area contributed by atoms with Gasteiger partial charge in [-0.2, -0.15) is 13.2 Å². The number of halogens is 4. The van der Waals surface area contributed by atoms with E-state index < -0.39 is 41.5 Å². The van der Waals surface area contributed by atoms with Crippen LogP contribution in [0.3, 0.4) is 0 Å². The van der Waals surface area contributed by atoms with Gasteiger partial charge in [0.1, 0.15) is 12.4 Å². The van der Waals surface area contributed by atoms with Crippen LogP contribution in [0.4, 0.5) is 28.9 Å². The predicted molar refractivity (Wildman–Crippen MR) is 108 cm³/mol. The minimum Gasteiger partial charge on any atom is -0.325 e. The number of benzene rings is 2. The molecule has 0 bridgehead atoms. The molecule has 0 aliphatic rings. The third kappa shape index (κ3) is 5.94. The van der Waals surface area contributed by atoms with Gasteiger partial charge in [-0.25, -0.2) is 4.39 Å². The summed E-state index contributed by atoms with van der Waals surface area (Å²) in [4.78, 5) is 36.5. The van der Waals surface area contributed by atoms with Crippen LogP contribution in [0.5, 0.6) is 0 Å². The van der Waals surface area contributed by atoms with Gasteiger partial charge in [0.05, 0.1) is 16.8 Å². The molecule has 0 fully saturated rings. The Bertz CT molecular complexity index is 1170. The normalized spacial score (nSPS) is 11.0. The van der Waals surface area contributed by atoms with Crippen LogP contribution in [-0.4, -0.2) is 16.4 Å². The van der Waals surface area contributed by atoms with Gasteiger partial charge in [-0.3, -0.25) is 25.2 Å². The standard InChI is InChI=1S/C21H16F4N4O3/c22-15-4-8-17(9-5-15)27-28-20(32)13-1-10-19(31)29(11-13)12-18(30)26-16-6-2-14(3-7-16)21(23,24)25/h1-11,27H,12H2,(H,26,30)(H,28,32). The lowest BCUT2D eigenvalue weighted by Gasteiger charge is -2.11. The first-order chi connectivity index (χ1) is 15.1. The highest BCUT2D eigenvalue weighted by Gasteiger charge is 2.30. The van der Waals surface area contributed by atoms with Crippen molar-refractivity contribution in [1.29, 1.82) is 0 Å². The second kappa shape index (κ2) is 9.33. The van der Waals surface area contributed by atoms with Gasteiger partial charge < -0.3 is 9.88 Å². The Balaban J connectivity index is 1.63. The summed E-state index contributed by atoms with van der Waals surface area (Å²) in [6, 6.07) is 11.4. The molecule has 2 aromatic carbocycles. The molecule has 166 valence electrons. The maximum atomic E-state index is 12.9. The van der Waals surface area contributed by atoms with E-state index in [1.54, 1.807) is 0 Å². The first-order valence-corrected chi connectivity index (χ1v) is 9.11. The van der Waals surface area contributed by atoms with Crippen molar-refractivity contribution in [2.24, 2.45) is 0 Å². The van der Waals surface area contributed by atoms with Gasteiger partial charge in [-0.1, -0.05) is 0 Å². The van der Waals surface area contributed by atoms with Gasteiger partial charge >= 0.3 is 6.18 Å². The van der Waals surface area contributed by atoms with Crippen LogP contribution in [0.15, 0.2) is 71.7 Å². The summed E-state index contributed by atoms with van der Waals surface area (Å²) in [5.41, 5.74) is 4.13. The second-order valence-electron chi connectivity index (χ2n) is 6.59. The van der Waals surface area contributed by atoms with E-state index in [-0.39, 0.29) is 11.3 Å². The highest BCUT2D eigenvalue weighted by molar-refractivity contribution is 5.95. The average molecular weight is 448 g/mol. The Hall–Kier alpha value is -4.15. The van der Waals surface area contributed by atoms with Crippen LogP contribution < -0.4 is 21.7 Å². The maximum absolute atomic E-state index is 12.9. The lowest BCUT2D eigenvalue weighted by molar-refractivity contribution is -0.137. The van der Waals surface area contributed by atoms with E-state index in [9.17, 15) is 31.9 Å². The molecule has 1 heterocycles. The topological polar surface area (TPSA) is 92.2 Å². The molecule has 11 heteroatoms. The van der Waals surface area contributed by atoms with Crippen LogP contribution in [0.2, 0.25) is 0 Å². The third-order valence-corrected chi connectivity index (χ3v) is 4.22. The Kier molecular flexibility index (Phi) is 6.57. The molecule has 0 atom stereocenters. The van der Waals surface area contributed by atoms with E-state index in [0.717, 1.165) is 41.1 Å². The Morgan fingerprint density at radius 2 is 1.50 bits per heavy atom. The number of hydrogen-bond donors (Lipinski definition) is 3. The number of carbonyl (C=O) groups excluding carboxylic acids is 2. The highest BCUT2D eigenvalue weighted by Crippen LogP contribution is 2.29. The molecule has 0 spiro atoms. The van der Waals surface area contributed by atoms with E-state index in [0.29, 0.717) is 5.69 Å². The Morgan fingerprint density at radius 3 is 2.12 bits per heavy atom. The molecule has 3 rings (SSSR count).